The van der Waals surface area contributed by atoms with Gasteiger partial charge in [0.2, 0.25) is 0 Å². The molecule has 0 spiro atoms. The number of anilines is 2. The van der Waals surface area contributed by atoms with Gasteiger partial charge in [0.1, 0.15) is 0 Å². The summed E-state index contributed by atoms with van der Waals surface area (Å²) >= 11 is 0. The monoisotopic (exact) mass is 537 g/mol. The van der Waals surface area contributed by atoms with Crippen molar-refractivity contribution in [1.82, 2.24) is 10.9 Å². The molecule has 6 nitrogen and oxygen atoms in total. The fourth-order valence-electron chi connectivity index (χ4n) is 2.78. The summed E-state index contributed by atoms with van der Waals surface area (Å²) in [7, 11) is -2.94. The number of hydrogen-bond acceptors (Lipinski definition) is 5. The Kier molecular flexibility index (Phi) is 8.87. The maximum Gasteiger partial charge on any atom is 0.417 e. The molecule has 2 unspecified atom stereocenters. The lowest BCUT2D eigenvalue weighted by Crippen LogP contribution is -2.59. The van der Waals surface area contributed by atoms with Gasteiger partial charge >= 0.3 is 12.4 Å². The SMILES string of the molecule is CC(C)(C)[Si](C)(C)OC(C(O)NNC(=O)c1ccccc1Nc1ccc(C(F)(F)F)cc1)C(F)(F)F. The largest absolute Gasteiger partial charge is 0.417 e. The zero-order valence-corrected chi connectivity index (χ0v) is 21.3. The van der Waals surface area contributed by atoms with E-state index in [2.05, 4.69) is 5.32 Å². The first kappa shape index (κ1) is 29.6. The van der Waals surface area contributed by atoms with E-state index in [9.17, 15) is 36.2 Å². The molecule has 36 heavy (non-hydrogen) atoms. The standard InChI is InChI=1S/C23H29F6N3O3Si/c1-21(2,3)36(4,5)35-18(23(27,28)29)20(34)32-31-19(33)16-8-6-7-9-17(16)30-15-12-10-14(11-13-15)22(24,25)26/h6-13,18,20,30,32,34H,1-5H3,(H,31,33). The quantitative estimate of drug-likeness (QED) is 0.145. The first-order valence-corrected chi connectivity index (χ1v) is 13.8. The van der Waals surface area contributed by atoms with Crippen LogP contribution in [0.3, 0.4) is 0 Å². The molecule has 1 amide bonds. The third kappa shape index (κ3) is 7.69. The lowest BCUT2D eigenvalue weighted by atomic mass is 10.1. The molecule has 2 atom stereocenters. The molecule has 200 valence electrons. The molecular formula is C23H29F6N3O3Si. The Morgan fingerprint density at radius 2 is 1.50 bits per heavy atom. The fourth-order valence-corrected chi connectivity index (χ4v) is 4.03. The normalized spacial score (nSPS) is 14.8. The summed E-state index contributed by atoms with van der Waals surface area (Å²) in [4.78, 5) is 12.7. The number of aliphatic hydroxyl groups is 1. The van der Waals surface area contributed by atoms with Gasteiger partial charge < -0.3 is 14.8 Å². The van der Waals surface area contributed by atoms with E-state index >= 15 is 0 Å². The van der Waals surface area contributed by atoms with Crippen LogP contribution in [-0.4, -0.2) is 37.8 Å². The smallest absolute Gasteiger partial charge is 0.402 e. The first-order valence-electron chi connectivity index (χ1n) is 10.8. The van der Waals surface area contributed by atoms with Crippen molar-refractivity contribution in [2.24, 2.45) is 0 Å². The number of hydrogen-bond donors (Lipinski definition) is 4. The topological polar surface area (TPSA) is 82.6 Å². The van der Waals surface area contributed by atoms with Crippen molar-refractivity contribution < 1.29 is 40.7 Å². The predicted octanol–water partition coefficient (Wildman–Crippen LogP) is 5.95. The van der Waals surface area contributed by atoms with Gasteiger partial charge in [0.15, 0.2) is 20.6 Å². The molecule has 2 aromatic carbocycles. The van der Waals surface area contributed by atoms with E-state index in [1.54, 1.807) is 39.9 Å². The highest BCUT2D eigenvalue weighted by Crippen LogP contribution is 2.40. The number of carbonyl (C=O) groups is 1. The lowest BCUT2D eigenvalue weighted by molar-refractivity contribution is -0.229. The molecular weight excluding hydrogens is 508 g/mol. The van der Waals surface area contributed by atoms with Crippen LogP contribution >= 0.6 is 0 Å². The number of aliphatic hydroxyl groups excluding tert-OH is 1. The Hall–Kier alpha value is -2.61. The minimum atomic E-state index is -4.92. The Morgan fingerprint density at radius 1 is 0.944 bits per heavy atom. The van der Waals surface area contributed by atoms with Crippen molar-refractivity contribution in [3.63, 3.8) is 0 Å². The molecule has 0 aliphatic rings. The van der Waals surface area contributed by atoms with Crippen molar-refractivity contribution >= 4 is 25.6 Å². The van der Waals surface area contributed by atoms with Crippen LogP contribution in [0.15, 0.2) is 48.5 Å². The van der Waals surface area contributed by atoms with Gasteiger partial charge in [-0.25, -0.2) is 5.43 Å². The van der Waals surface area contributed by atoms with Gasteiger partial charge in [0, 0.05) is 5.69 Å². The van der Waals surface area contributed by atoms with Crippen molar-refractivity contribution in [2.45, 2.75) is 63.6 Å². The zero-order valence-electron chi connectivity index (χ0n) is 20.3. The molecule has 2 rings (SSSR count). The van der Waals surface area contributed by atoms with Crippen LogP contribution in [-0.2, 0) is 10.6 Å². The van der Waals surface area contributed by atoms with Gasteiger partial charge in [-0.2, -0.15) is 26.3 Å². The van der Waals surface area contributed by atoms with Crippen molar-refractivity contribution in [1.29, 1.82) is 0 Å². The molecule has 0 heterocycles. The molecule has 0 aliphatic carbocycles. The van der Waals surface area contributed by atoms with E-state index in [4.69, 9.17) is 4.43 Å². The number of carbonyl (C=O) groups excluding carboxylic acids is 1. The van der Waals surface area contributed by atoms with E-state index < -0.39 is 49.5 Å². The minimum Gasteiger partial charge on any atom is -0.402 e. The van der Waals surface area contributed by atoms with E-state index in [-0.39, 0.29) is 16.9 Å². The number of nitrogens with one attached hydrogen (secondary N) is 3. The Bertz CT molecular complexity index is 1040. The molecule has 0 fully saturated rings. The zero-order chi connectivity index (χ0) is 27.5. The van der Waals surface area contributed by atoms with E-state index in [0.717, 1.165) is 12.1 Å². The molecule has 13 heteroatoms. The van der Waals surface area contributed by atoms with Crippen LogP contribution in [0.1, 0.15) is 36.7 Å². The molecule has 0 saturated heterocycles. The first-order chi connectivity index (χ1) is 16.3. The number of hydrazine groups is 1. The molecule has 0 bridgehead atoms. The summed E-state index contributed by atoms with van der Waals surface area (Å²) in [6.07, 6.45) is -14.3. The summed E-state index contributed by atoms with van der Waals surface area (Å²) < 4.78 is 84.6. The van der Waals surface area contributed by atoms with E-state index in [0.29, 0.717) is 0 Å². The van der Waals surface area contributed by atoms with Crippen molar-refractivity contribution in [3.8, 4) is 0 Å². The van der Waals surface area contributed by atoms with Gasteiger partial charge in [-0.05, 0) is 54.5 Å². The molecule has 0 aromatic heterocycles. The number of alkyl halides is 6. The fraction of sp³-hybridized carbons (Fsp3) is 0.435. The summed E-state index contributed by atoms with van der Waals surface area (Å²) in [6, 6.07) is 9.92. The maximum atomic E-state index is 13.6. The second kappa shape index (κ2) is 10.8. The van der Waals surface area contributed by atoms with Gasteiger partial charge in [-0.1, -0.05) is 32.9 Å². The minimum absolute atomic E-state index is 0.0361. The van der Waals surface area contributed by atoms with E-state index in [1.807, 2.05) is 10.9 Å². The molecule has 2 aromatic rings. The van der Waals surface area contributed by atoms with Crippen LogP contribution in [0.2, 0.25) is 18.1 Å². The second-order valence-electron chi connectivity index (χ2n) is 9.63. The van der Waals surface area contributed by atoms with E-state index in [1.165, 1.54) is 30.3 Å². The molecule has 0 aliphatic heterocycles. The molecule has 4 N–H and O–H groups in total. The van der Waals surface area contributed by atoms with Gasteiger partial charge in [-0.3, -0.25) is 10.2 Å². The Balaban J connectivity index is 2.14. The number of halogens is 6. The summed E-state index contributed by atoms with van der Waals surface area (Å²) in [6.45, 7) is 8.43. The van der Waals surface area contributed by atoms with Crippen molar-refractivity contribution in [3.05, 3.63) is 59.7 Å². The van der Waals surface area contributed by atoms with Crippen molar-refractivity contribution in [2.75, 3.05) is 5.32 Å². The third-order valence-corrected chi connectivity index (χ3v) is 10.3. The van der Waals surface area contributed by atoms with Crippen LogP contribution in [0.5, 0.6) is 0 Å². The van der Waals surface area contributed by atoms with Crippen LogP contribution < -0.4 is 16.2 Å². The summed E-state index contributed by atoms with van der Waals surface area (Å²) in [5.41, 5.74) is 3.53. The second-order valence-corrected chi connectivity index (χ2v) is 14.4. The molecule has 0 radical (unpaired) electrons. The molecule has 0 saturated carbocycles. The lowest BCUT2D eigenvalue weighted by Gasteiger charge is -2.40. The van der Waals surface area contributed by atoms with Gasteiger partial charge in [-0.15, -0.1) is 0 Å². The Labute approximate surface area is 206 Å². The number of amides is 1. The summed E-state index contributed by atoms with van der Waals surface area (Å²) in [5.74, 6) is -0.891. The highest BCUT2D eigenvalue weighted by atomic mass is 28.4. The summed E-state index contributed by atoms with van der Waals surface area (Å²) in [5, 5.41) is 12.4. The highest BCUT2D eigenvalue weighted by molar-refractivity contribution is 6.74. The predicted molar refractivity (Wildman–Crippen MR) is 126 cm³/mol. The number of benzene rings is 2. The average molecular weight is 538 g/mol. The Morgan fingerprint density at radius 3 is 2.00 bits per heavy atom. The number of para-hydroxylation sites is 1. The third-order valence-electron chi connectivity index (χ3n) is 5.83. The maximum absolute atomic E-state index is 13.6. The number of rotatable bonds is 8. The van der Waals surface area contributed by atoms with Crippen LogP contribution in [0, 0.1) is 0 Å². The average Bonchev–Trinajstić information content (AvgIpc) is 2.74. The van der Waals surface area contributed by atoms with Gasteiger partial charge in [0.25, 0.3) is 5.91 Å². The highest BCUT2D eigenvalue weighted by Gasteiger charge is 2.51. The van der Waals surface area contributed by atoms with Crippen LogP contribution in [0.25, 0.3) is 0 Å². The van der Waals surface area contributed by atoms with Gasteiger partial charge in [0.05, 0.1) is 16.8 Å². The van der Waals surface area contributed by atoms with Crippen LogP contribution in [0.4, 0.5) is 37.7 Å².